The van der Waals surface area contributed by atoms with Crippen molar-refractivity contribution in [1.29, 1.82) is 0 Å². The van der Waals surface area contributed by atoms with Gasteiger partial charge in [0.2, 0.25) is 0 Å². The number of ether oxygens (including phenoxy) is 1. The topological polar surface area (TPSA) is 68.5 Å². The van der Waals surface area contributed by atoms with E-state index < -0.39 is 0 Å². The van der Waals surface area contributed by atoms with Crippen LogP contribution >= 0.6 is 11.3 Å². The Bertz CT molecular complexity index is 932. The normalized spacial score (nSPS) is 16.7. The van der Waals surface area contributed by atoms with Gasteiger partial charge in [-0.2, -0.15) is 4.98 Å². The van der Waals surface area contributed by atoms with E-state index in [2.05, 4.69) is 10.1 Å². The lowest BCUT2D eigenvalue weighted by Crippen LogP contribution is -2.28. The van der Waals surface area contributed by atoms with Gasteiger partial charge in [0.25, 0.3) is 11.8 Å². The maximum Gasteiger partial charge on any atom is 0.263 e. The molecule has 3 aromatic rings. The minimum Gasteiger partial charge on any atom is -0.497 e. The molecular formula is C20H21N3O3S. The van der Waals surface area contributed by atoms with Crippen molar-refractivity contribution in [2.24, 2.45) is 5.92 Å². The lowest BCUT2D eigenvalue weighted by Gasteiger charge is -2.15. The fourth-order valence-electron chi connectivity index (χ4n) is 3.33. The van der Waals surface area contributed by atoms with Gasteiger partial charge < -0.3 is 14.2 Å². The Morgan fingerprint density at radius 1 is 1.30 bits per heavy atom. The highest BCUT2D eigenvalue weighted by Crippen LogP contribution is 2.26. The van der Waals surface area contributed by atoms with Crippen molar-refractivity contribution in [1.82, 2.24) is 15.0 Å². The predicted molar refractivity (Wildman–Crippen MR) is 103 cm³/mol. The number of rotatable bonds is 5. The molecule has 27 heavy (non-hydrogen) atoms. The Morgan fingerprint density at radius 2 is 2.11 bits per heavy atom. The highest BCUT2D eigenvalue weighted by atomic mass is 32.1. The summed E-state index contributed by atoms with van der Waals surface area (Å²) in [5.41, 5.74) is 0.867. The second kappa shape index (κ2) is 7.52. The first-order chi connectivity index (χ1) is 13.1. The molecule has 4 rings (SSSR count). The number of carbonyl (C=O) groups is 1. The molecule has 1 saturated heterocycles. The van der Waals surface area contributed by atoms with Crippen LogP contribution in [0.15, 0.2) is 40.9 Å². The van der Waals surface area contributed by atoms with Crippen LogP contribution in [0.3, 0.4) is 0 Å². The van der Waals surface area contributed by atoms with E-state index in [1.165, 1.54) is 0 Å². The van der Waals surface area contributed by atoms with E-state index in [1.807, 2.05) is 48.2 Å². The van der Waals surface area contributed by atoms with Crippen LogP contribution in [0.4, 0.5) is 0 Å². The highest BCUT2D eigenvalue weighted by Gasteiger charge is 2.28. The molecule has 3 heterocycles. The molecule has 7 heteroatoms. The zero-order valence-corrected chi connectivity index (χ0v) is 16.2. The Balaban J connectivity index is 1.37. The summed E-state index contributed by atoms with van der Waals surface area (Å²) < 4.78 is 10.6. The molecular weight excluding hydrogens is 362 g/mol. The van der Waals surface area contributed by atoms with Gasteiger partial charge in [-0.3, -0.25) is 4.79 Å². The van der Waals surface area contributed by atoms with Gasteiger partial charge in [-0.05, 0) is 55.7 Å². The first kappa shape index (κ1) is 17.7. The van der Waals surface area contributed by atoms with E-state index in [-0.39, 0.29) is 5.91 Å². The average molecular weight is 383 g/mol. The van der Waals surface area contributed by atoms with Gasteiger partial charge in [-0.1, -0.05) is 5.16 Å². The van der Waals surface area contributed by atoms with Gasteiger partial charge in [0, 0.05) is 30.0 Å². The summed E-state index contributed by atoms with van der Waals surface area (Å²) >= 11 is 1.55. The standard InChI is InChI=1S/C20H21N3O3S/c1-13-3-8-17(27-13)20(24)23-10-9-14(12-23)11-18-21-19(26-22-18)15-4-6-16(25-2)7-5-15/h3-8,14H,9-12H2,1-2H3. The molecule has 1 amide bonds. The minimum absolute atomic E-state index is 0.127. The van der Waals surface area contributed by atoms with Gasteiger partial charge in [0.15, 0.2) is 5.82 Å². The molecule has 1 fully saturated rings. The van der Waals surface area contributed by atoms with Crippen molar-refractivity contribution in [2.75, 3.05) is 20.2 Å². The summed E-state index contributed by atoms with van der Waals surface area (Å²) in [5.74, 6) is 2.47. The molecule has 140 valence electrons. The lowest BCUT2D eigenvalue weighted by atomic mass is 10.1. The zero-order valence-electron chi connectivity index (χ0n) is 15.3. The molecule has 0 radical (unpaired) electrons. The van der Waals surface area contributed by atoms with Gasteiger partial charge in [0.1, 0.15) is 5.75 Å². The largest absolute Gasteiger partial charge is 0.497 e. The molecule has 0 aliphatic carbocycles. The third-order valence-corrected chi connectivity index (χ3v) is 5.79. The first-order valence-corrected chi connectivity index (χ1v) is 9.77. The van der Waals surface area contributed by atoms with E-state index in [0.29, 0.717) is 24.1 Å². The smallest absolute Gasteiger partial charge is 0.263 e. The number of methoxy groups -OCH3 is 1. The molecule has 1 atom stereocenters. The Kier molecular flexibility index (Phi) is 4.94. The second-order valence-corrected chi connectivity index (χ2v) is 8.05. The summed E-state index contributed by atoms with van der Waals surface area (Å²) in [7, 11) is 1.63. The summed E-state index contributed by atoms with van der Waals surface area (Å²) in [6, 6.07) is 11.4. The minimum atomic E-state index is 0.127. The van der Waals surface area contributed by atoms with Crippen LogP contribution in [0.1, 0.15) is 26.8 Å². The Labute approximate surface area is 161 Å². The van der Waals surface area contributed by atoms with Crippen LogP contribution in [0, 0.1) is 12.8 Å². The van der Waals surface area contributed by atoms with E-state index in [1.54, 1.807) is 18.4 Å². The summed E-state index contributed by atoms with van der Waals surface area (Å²) in [5, 5.41) is 4.11. The van der Waals surface area contributed by atoms with Crippen LogP contribution in [-0.4, -0.2) is 41.1 Å². The fraction of sp³-hybridized carbons (Fsp3) is 0.350. The lowest BCUT2D eigenvalue weighted by molar-refractivity contribution is 0.0791. The van der Waals surface area contributed by atoms with Crippen LogP contribution in [0.2, 0.25) is 0 Å². The number of carbonyl (C=O) groups excluding carboxylic acids is 1. The van der Waals surface area contributed by atoms with Crippen LogP contribution in [0.25, 0.3) is 11.5 Å². The third kappa shape index (κ3) is 3.88. The Hall–Kier alpha value is -2.67. The van der Waals surface area contributed by atoms with E-state index >= 15 is 0 Å². The van der Waals surface area contributed by atoms with Gasteiger partial charge in [-0.15, -0.1) is 11.3 Å². The number of amides is 1. The van der Waals surface area contributed by atoms with E-state index in [4.69, 9.17) is 9.26 Å². The molecule has 1 unspecified atom stereocenters. The quantitative estimate of drug-likeness (QED) is 0.670. The molecule has 2 aromatic heterocycles. The summed E-state index contributed by atoms with van der Waals surface area (Å²) in [6.45, 7) is 3.54. The van der Waals surface area contributed by atoms with Crippen LogP contribution in [0.5, 0.6) is 5.75 Å². The molecule has 0 saturated carbocycles. The fourth-order valence-corrected chi connectivity index (χ4v) is 4.17. The van der Waals surface area contributed by atoms with Gasteiger partial charge >= 0.3 is 0 Å². The van der Waals surface area contributed by atoms with Crippen molar-refractivity contribution in [3.8, 4) is 17.2 Å². The van der Waals surface area contributed by atoms with Crippen molar-refractivity contribution in [3.05, 3.63) is 52.0 Å². The second-order valence-electron chi connectivity index (χ2n) is 6.76. The van der Waals surface area contributed by atoms with Crippen LogP contribution < -0.4 is 4.74 Å². The van der Waals surface area contributed by atoms with E-state index in [0.717, 1.165) is 40.6 Å². The zero-order chi connectivity index (χ0) is 18.8. The van der Waals surface area contributed by atoms with Gasteiger partial charge in [0.05, 0.1) is 12.0 Å². The monoisotopic (exact) mass is 383 g/mol. The average Bonchev–Trinajstić information content (AvgIpc) is 3.43. The van der Waals surface area contributed by atoms with Gasteiger partial charge in [-0.25, -0.2) is 0 Å². The predicted octanol–water partition coefficient (Wildman–Crippen LogP) is 3.82. The SMILES string of the molecule is COc1ccc(-c2nc(CC3CCN(C(=O)c4ccc(C)s4)C3)no2)cc1. The number of aromatic nitrogens is 2. The molecule has 1 aliphatic heterocycles. The molecule has 0 bridgehead atoms. The van der Waals surface area contributed by atoms with E-state index in [9.17, 15) is 4.79 Å². The number of hydrogen-bond donors (Lipinski definition) is 0. The Morgan fingerprint density at radius 3 is 2.81 bits per heavy atom. The summed E-state index contributed by atoms with van der Waals surface area (Å²) in [4.78, 5) is 21.0. The number of hydrogen-bond acceptors (Lipinski definition) is 6. The number of likely N-dealkylation sites (tertiary alicyclic amines) is 1. The molecule has 0 spiro atoms. The molecule has 6 nitrogen and oxygen atoms in total. The highest BCUT2D eigenvalue weighted by molar-refractivity contribution is 7.13. The summed E-state index contributed by atoms with van der Waals surface area (Å²) in [6.07, 6.45) is 1.68. The van der Waals surface area contributed by atoms with Crippen molar-refractivity contribution in [3.63, 3.8) is 0 Å². The molecule has 1 aliphatic rings. The first-order valence-electron chi connectivity index (χ1n) is 8.95. The maximum absolute atomic E-state index is 12.6. The maximum atomic E-state index is 12.6. The van der Waals surface area contributed by atoms with Crippen molar-refractivity contribution in [2.45, 2.75) is 19.8 Å². The third-order valence-electron chi connectivity index (χ3n) is 4.80. The van der Waals surface area contributed by atoms with Crippen molar-refractivity contribution < 1.29 is 14.1 Å². The number of nitrogens with zero attached hydrogens (tertiary/aromatic N) is 3. The van der Waals surface area contributed by atoms with Crippen LogP contribution in [-0.2, 0) is 6.42 Å². The molecule has 1 aromatic carbocycles. The number of thiophene rings is 1. The van der Waals surface area contributed by atoms with Crippen molar-refractivity contribution >= 4 is 17.2 Å². The number of aryl methyl sites for hydroxylation is 1. The number of benzene rings is 1. The molecule has 0 N–H and O–H groups in total.